The first kappa shape index (κ1) is 24.4. The van der Waals surface area contributed by atoms with Gasteiger partial charge in [-0.25, -0.2) is 8.42 Å². The highest BCUT2D eigenvalue weighted by Gasteiger charge is 2.28. The summed E-state index contributed by atoms with van der Waals surface area (Å²) in [5.41, 5.74) is 7.76. The topological polar surface area (TPSA) is 149 Å². The zero-order chi connectivity index (χ0) is 25.0. The molecule has 0 amide bonds. The number of carbonyl (C=O) groups excluding carboxylic acids is 1. The van der Waals surface area contributed by atoms with Gasteiger partial charge in [0.1, 0.15) is 29.9 Å². The predicted molar refractivity (Wildman–Crippen MR) is 129 cm³/mol. The van der Waals surface area contributed by atoms with Crippen LogP contribution in [0.4, 0.5) is 0 Å². The SMILES string of the molecule is NC(CCC(NS(=O)(=O)c1ccc2oc3ccccc3c2c1)C(=O)O)C(=O)OCc1ccccc1. The maximum Gasteiger partial charge on any atom is 0.323 e. The first-order valence-electron chi connectivity index (χ1n) is 10.9. The molecule has 0 fully saturated rings. The number of nitrogens with one attached hydrogen (secondary N) is 1. The lowest BCUT2D eigenvalue weighted by Gasteiger charge is -2.17. The Balaban J connectivity index is 1.42. The zero-order valence-corrected chi connectivity index (χ0v) is 19.4. The second-order valence-electron chi connectivity index (χ2n) is 8.05. The number of nitrogens with two attached hydrogens (primary N) is 1. The minimum absolute atomic E-state index is 0.0353. The molecule has 0 spiro atoms. The summed E-state index contributed by atoms with van der Waals surface area (Å²) in [5, 5.41) is 10.9. The molecule has 2 unspecified atom stereocenters. The van der Waals surface area contributed by atoms with Crippen LogP contribution in [0.15, 0.2) is 82.1 Å². The normalized spacial score (nSPS) is 13.5. The number of carboxylic acid groups (broad SMARTS) is 1. The maximum absolute atomic E-state index is 13.0. The zero-order valence-electron chi connectivity index (χ0n) is 18.6. The van der Waals surface area contributed by atoms with Crippen LogP contribution in [0.3, 0.4) is 0 Å². The molecule has 3 aromatic carbocycles. The molecular formula is C25H24N2O7S. The van der Waals surface area contributed by atoms with Crippen LogP contribution in [0.25, 0.3) is 21.9 Å². The molecule has 10 heteroatoms. The lowest BCUT2D eigenvalue weighted by atomic mass is 10.1. The van der Waals surface area contributed by atoms with Gasteiger partial charge in [0.2, 0.25) is 10.0 Å². The second-order valence-corrected chi connectivity index (χ2v) is 9.76. The molecule has 1 aromatic heterocycles. The number of hydrogen-bond acceptors (Lipinski definition) is 7. The number of furan rings is 1. The van der Waals surface area contributed by atoms with Crippen LogP contribution in [0.1, 0.15) is 18.4 Å². The van der Waals surface area contributed by atoms with Crippen LogP contribution >= 0.6 is 0 Å². The number of fused-ring (bicyclic) bond motifs is 3. The fourth-order valence-corrected chi connectivity index (χ4v) is 4.91. The van der Waals surface area contributed by atoms with E-state index in [1.54, 1.807) is 30.3 Å². The van der Waals surface area contributed by atoms with Crippen molar-refractivity contribution in [3.63, 3.8) is 0 Å². The predicted octanol–water partition coefficient (Wildman–Crippen LogP) is 3.17. The fraction of sp³-hybridized carbons (Fsp3) is 0.200. The summed E-state index contributed by atoms with van der Waals surface area (Å²) in [6, 6.07) is 18.0. The molecule has 35 heavy (non-hydrogen) atoms. The van der Waals surface area contributed by atoms with Crippen LogP contribution in [0.2, 0.25) is 0 Å². The van der Waals surface area contributed by atoms with Crippen molar-refractivity contribution in [2.75, 3.05) is 0 Å². The third-order valence-corrected chi connectivity index (χ3v) is 7.02. The highest BCUT2D eigenvalue weighted by molar-refractivity contribution is 7.89. The Hall–Kier alpha value is -3.73. The van der Waals surface area contributed by atoms with Gasteiger partial charge in [-0.05, 0) is 42.7 Å². The number of hydrogen-bond donors (Lipinski definition) is 3. The maximum atomic E-state index is 13.0. The second kappa shape index (κ2) is 10.3. The molecule has 4 aromatic rings. The van der Waals surface area contributed by atoms with E-state index in [0.717, 1.165) is 10.9 Å². The molecule has 0 aliphatic heterocycles. The van der Waals surface area contributed by atoms with Crippen molar-refractivity contribution in [1.29, 1.82) is 0 Å². The summed E-state index contributed by atoms with van der Waals surface area (Å²) in [6.45, 7) is 0.0353. The number of esters is 1. The number of carboxylic acids is 1. The van der Waals surface area contributed by atoms with Gasteiger partial charge in [0.05, 0.1) is 4.90 Å². The highest BCUT2D eigenvalue weighted by Crippen LogP contribution is 2.30. The summed E-state index contributed by atoms with van der Waals surface area (Å²) in [4.78, 5) is 23.8. The Morgan fingerprint density at radius 3 is 2.37 bits per heavy atom. The van der Waals surface area contributed by atoms with Crippen molar-refractivity contribution in [1.82, 2.24) is 4.72 Å². The molecule has 0 bridgehead atoms. The van der Waals surface area contributed by atoms with Crippen molar-refractivity contribution in [2.45, 2.75) is 36.4 Å². The average molecular weight is 497 g/mol. The molecule has 182 valence electrons. The Labute approximate surface area is 201 Å². The van der Waals surface area contributed by atoms with E-state index in [2.05, 4.69) is 4.72 Å². The van der Waals surface area contributed by atoms with Gasteiger partial charge in [-0.1, -0.05) is 48.5 Å². The van der Waals surface area contributed by atoms with E-state index >= 15 is 0 Å². The van der Waals surface area contributed by atoms with E-state index < -0.39 is 34.0 Å². The first-order chi connectivity index (χ1) is 16.7. The summed E-state index contributed by atoms with van der Waals surface area (Å²) < 4.78 is 39.0. The van der Waals surface area contributed by atoms with Crippen LogP contribution in [-0.4, -0.2) is 37.5 Å². The van der Waals surface area contributed by atoms with Gasteiger partial charge in [-0.15, -0.1) is 0 Å². The fourth-order valence-electron chi connectivity index (χ4n) is 3.66. The smallest absolute Gasteiger partial charge is 0.323 e. The minimum Gasteiger partial charge on any atom is -0.480 e. The number of aliphatic carboxylic acids is 1. The molecule has 4 rings (SSSR count). The van der Waals surface area contributed by atoms with Gasteiger partial charge in [0.25, 0.3) is 0 Å². The molecule has 0 aliphatic carbocycles. The molecule has 9 nitrogen and oxygen atoms in total. The number of carbonyl (C=O) groups is 2. The average Bonchev–Trinajstić information content (AvgIpc) is 3.23. The summed E-state index contributed by atoms with van der Waals surface area (Å²) in [7, 11) is -4.19. The monoisotopic (exact) mass is 496 g/mol. The molecule has 0 aliphatic rings. The van der Waals surface area contributed by atoms with E-state index in [0.29, 0.717) is 16.6 Å². The van der Waals surface area contributed by atoms with Crippen LogP contribution in [0.5, 0.6) is 0 Å². The number of rotatable bonds is 10. The highest BCUT2D eigenvalue weighted by atomic mass is 32.2. The Morgan fingerprint density at radius 1 is 0.943 bits per heavy atom. The lowest BCUT2D eigenvalue weighted by Crippen LogP contribution is -2.42. The van der Waals surface area contributed by atoms with Gasteiger partial charge < -0.3 is 20.0 Å². The molecule has 0 radical (unpaired) electrons. The molecular weight excluding hydrogens is 472 g/mol. The largest absolute Gasteiger partial charge is 0.480 e. The van der Waals surface area contributed by atoms with E-state index in [1.807, 2.05) is 24.3 Å². The van der Waals surface area contributed by atoms with Crippen LogP contribution in [0, 0.1) is 0 Å². The van der Waals surface area contributed by atoms with Crippen molar-refractivity contribution in [3.05, 3.63) is 78.4 Å². The van der Waals surface area contributed by atoms with E-state index in [-0.39, 0.29) is 24.3 Å². The first-order valence-corrected chi connectivity index (χ1v) is 12.4. The number of benzene rings is 3. The van der Waals surface area contributed by atoms with Gasteiger partial charge in [0.15, 0.2) is 0 Å². The molecule has 2 atom stereocenters. The number of para-hydroxylation sites is 1. The van der Waals surface area contributed by atoms with Crippen molar-refractivity contribution in [3.8, 4) is 0 Å². The molecule has 0 saturated carbocycles. The van der Waals surface area contributed by atoms with Gasteiger partial charge >= 0.3 is 11.9 Å². The summed E-state index contributed by atoms with van der Waals surface area (Å²) >= 11 is 0. The van der Waals surface area contributed by atoms with E-state index in [4.69, 9.17) is 14.9 Å². The van der Waals surface area contributed by atoms with Crippen LogP contribution < -0.4 is 10.5 Å². The molecule has 0 saturated heterocycles. The third-order valence-electron chi connectivity index (χ3n) is 5.55. The van der Waals surface area contributed by atoms with Gasteiger partial charge in [-0.2, -0.15) is 4.72 Å². The Kier molecular flexibility index (Phi) is 7.15. The van der Waals surface area contributed by atoms with Crippen LogP contribution in [-0.2, 0) is 31.0 Å². The van der Waals surface area contributed by atoms with Gasteiger partial charge in [0, 0.05) is 10.8 Å². The van der Waals surface area contributed by atoms with Crippen molar-refractivity contribution in [2.24, 2.45) is 5.73 Å². The minimum atomic E-state index is -4.19. The quantitative estimate of drug-likeness (QED) is 0.284. The lowest BCUT2D eigenvalue weighted by molar-refractivity contribution is -0.147. The molecule has 1 heterocycles. The van der Waals surface area contributed by atoms with Crippen molar-refractivity contribution >= 4 is 43.9 Å². The Bertz CT molecular complexity index is 1470. The Morgan fingerprint density at radius 2 is 1.63 bits per heavy atom. The van der Waals surface area contributed by atoms with Crippen molar-refractivity contribution < 1.29 is 32.3 Å². The number of sulfonamides is 1. The summed E-state index contributed by atoms with van der Waals surface area (Å²) in [6.07, 6.45) is -0.286. The van der Waals surface area contributed by atoms with Gasteiger partial charge in [-0.3, -0.25) is 9.59 Å². The van der Waals surface area contributed by atoms with E-state index in [9.17, 15) is 23.1 Å². The third kappa shape index (κ3) is 5.68. The number of ether oxygens (including phenoxy) is 1. The summed E-state index contributed by atoms with van der Waals surface area (Å²) in [5.74, 6) is -2.08. The van der Waals surface area contributed by atoms with E-state index in [1.165, 1.54) is 18.2 Å². The standard InChI is InChI=1S/C25H24N2O7S/c26-20(25(30)33-15-16-6-2-1-3-7-16)11-12-21(24(28)29)27-35(31,32)17-10-13-23-19(14-17)18-8-4-5-9-22(18)34-23/h1-10,13-14,20-21,27H,11-12,15,26H2,(H,28,29). The molecule has 4 N–H and O–H groups in total.